The van der Waals surface area contributed by atoms with Gasteiger partial charge < -0.3 is 14.7 Å². The van der Waals surface area contributed by atoms with Crippen molar-refractivity contribution in [2.45, 2.75) is 57.1 Å². The van der Waals surface area contributed by atoms with Gasteiger partial charge in [0.1, 0.15) is 5.60 Å². The first kappa shape index (κ1) is 12.8. The van der Waals surface area contributed by atoms with Gasteiger partial charge in [0.25, 0.3) is 5.91 Å². The van der Waals surface area contributed by atoms with E-state index in [1.165, 1.54) is 0 Å². The third-order valence-corrected chi connectivity index (χ3v) is 4.02. The summed E-state index contributed by atoms with van der Waals surface area (Å²) in [5.74, 6) is 0.133. The molecule has 4 heteroatoms. The van der Waals surface area contributed by atoms with E-state index < -0.39 is 5.60 Å². The minimum Gasteiger partial charge on any atom is -0.396 e. The molecule has 0 bridgehead atoms. The molecule has 0 aliphatic carbocycles. The van der Waals surface area contributed by atoms with Gasteiger partial charge >= 0.3 is 0 Å². The van der Waals surface area contributed by atoms with Crippen LogP contribution in [0.5, 0.6) is 0 Å². The molecular formula is C13H23NO3. The molecule has 2 atom stereocenters. The second-order valence-corrected chi connectivity index (χ2v) is 5.34. The molecule has 0 radical (unpaired) electrons. The second-order valence-electron chi connectivity index (χ2n) is 5.34. The summed E-state index contributed by atoms with van der Waals surface area (Å²) in [7, 11) is 0. The molecule has 1 N–H and O–H groups in total. The van der Waals surface area contributed by atoms with Crippen LogP contribution in [0.3, 0.4) is 0 Å². The quantitative estimate of drug-likeness (QED) is 0.810. The number of hydrogen-bond acceptors (Lipinski definition) is 3. The third-order valence-electron chi connectivity index (χ3n) is 4.02. The van der Waals surface area contributed by atoms with Crippen molar-refractivity contribution in [1.29, 1.82) is 0 Å². The molecule has 98 valence electrons. The lowest BCUT2D eigenvalue weighted by Gasteiger charge is -2.39. The van der Waals surface area contributed by atoms with E-state index in [0.29, 0.717) is 13.0 Å². The van der Waals surface area contributed by atoms with Crippen LogP contribution >= 0.6 is 0 Å². The summed E-state index contributed by atoms with van der Waals surface area (Å²) in [5.41, 5.74) is -0.606. The molecule has 2 saturated heterocycles. The molecule has 2 aliphatic heterocycles. The maximum Gasteiger partial charge on any atom is 0.254 e. The molecular weight excluding hydrogens is 218 g/mol. The first-order valence-electron chi connectivity index (χ1n) is 6.73. The molecule has 1 amide bonds. The maximum atomic E-state index is 12.5. The van der Waals surface area contributed by atoms with Gasteiger partial charge in [-0.15, -0.1) is 0 Å². The van der Waals surface area contributed by atoms with Gasteiger partial charge in [0.05, 0.1) is 0 Å². The van der Waals surface area contributed by atoms with E-state index in [0.717, 1.165) is 38.6 Å². The van der Waals surface area contributed by atoms with E-state index in [1.807, 2.05) is 11.8 Å². The fourth-order valence-electron chi connectivity index (χ4n) is 2.97. The van der Waals surface area contributed by atoms with E-state index in [1.54, 1.807) is 0 Å². The molecule has 0 spiro atoms. The van der Waals surface area contributed by atoms with Gasteiger partial charge in [-0.05, 0) is 45.4 Å². The minimum absolute atomic E-state index is 0.133. The molecule has 0 aromatic heterocycles. The first-order chi connectivity index (χ1) is 8.17. The van der Waals surface area contributed by atoms with Gasteiger partial charge in [-0.3, -0.25) is 4.79 Å². The minimum atomic E-state index is -0.606. The molecule has 2 heterocycles. The summed E-state index contributed by atoms with van der Waals surface area (Å²) >= 11 is 0. The van der Waals surface area contributed by atoms with Crippen LogP contribution in [0.4, 0.5) is 0 Å². The van der Waals surface area contributed by atoms with Gasteiger partial charge in [0.2, 0.25) is 0 Å². The largest absolute Gasteiger partial charge is 0.396 e. The highest BCUT2D eigenvalue weighted by Gasteiger charge is 2.42. The van der Waals surface area contributed by atoms with Gasteiger partial charge in [-0.25, -0.2) is 0 Å². The number of aliphatic hydroxyl groups excluding tert-OH is 1. The van der Waals surface area contributed by atoms with Gasteiger partial charge in [-0.1, -0.05) is 0 Å². The van der Waals surface area contributed by atoms with Crippen LogP contribution in [0.1, 0.15) is 45.4 Å². The number of piperidine rings is 1. The Kier molecular flexibility index (Phi) is 4.05. The van der Waals surface area contributed by atoms with Crippen LogP contribution in [0.25, 0.3) is 0 Å². The number of hydrogen-bond donors (Lipinski definition) is 1. The summed E-state index contributed by atoms with van der Waals surface area (Å²) < 4.78 is 5.63. The fraction of sp³-hybridized carbons (Fsp3) is 0.923. The molecule has 2 aliphatic rings. The van der Waals surface area contributed by atoms with E-state index in [9.17, 15) is 4.79 Å². The second kappa shape index (κ2) is 5.36. The summed E-state index contributed by atoms with van der Waals surface area (Å²) in [5, 5.41) is 9.08. The summed E-state index contributed by atoms with van der Waals surface area (Å²) in [6.07, 6.45) is 5.74. The zero-order valence-corrected chi connectivity index (χ0v) is 10.7. The van der Waals surface area contributed by atoms with Crippen LogP contribution < -0.4 is 0 Å². The van der Waals surface area contributed by atoms with Crippen molar-refractivity contribution in [3.05, 3.63) is 0 Å². The Morgan fingerprint density at radius 2 is 2.29 bits per heavy atom. The van der Waals surface area contributed by atoms with Crippen molar-refractivity contribution in [3.63, 3.8) is 0 Å². The van der Waals surface area contributed by atoms with Crippen LogP contribution in [0.2, 0.25) is 0 Å². The van der Waals surface area contributed by atoms with Crippen molar-refractivity contribution in [3.8, 4) is 0 Å². The molecule has 0 saturated carbocycles. The molecule has 17 heavy (non-hydrogen) atoms. The van der Waals surface area contributed by atoms with Crippen LogP contribution in [0.15, 0.2) is 0 Å². The Bertz CT molecular complexity index is 272. The zero-order chi connectivity index (χ0) is 12.3. The lowest BCUT2D eigenvalue weighted by Crippen LogP contribution is -2.53. The number of carbonyl (C=O) groups excluding carboxylic acids is 1. The Labute approximate surface area is 103 Å². The number of carbonyl (C=O) groups is 1. The number of aliphatic hydroxyl groups is 1. The van der Waals surface area contributed by atoms with Crippen molar-refractivity contribution >= 4 is 5.91 Å². The standard InChI is InChI=1S/C13H23NO3/c1-13(7-4-10-17-13)12(16)14-8-3-2-5-11(14)6-9-15/h11,15H,2-10H2,1H3. The number of rotatable bonds is 3. The van der Waals surface area contributed by atoms with Crippen molar-refractivity contribution in [2.75, 3.05) is 19.8 Å². The average molecular weight is 241 g/mol. The van der Waals surface area contributed by atoms with E-state index in [4.69, 9.17) is 9.84 Å². The lowest BCUT2D eigenvalue weighted by molar-refractivity contribution is -0.155. The van der Waals surface area contributed by atoms with Crippen LogP contribution in [-0.2, 0) is 9.53 Å². The Hall–Kier alpha value is -0.610. The van der Waals surface area contributed by atoms with Crippen LogP contribution in [0, 0.1) is 0 Å². The summed E-state index contributed by atoms with van der Waals surface area (Å²) in [4.78, 5) is 14.5. The lowest BCUT2D eigenvalue weighted by atomic mass is 9.94. The van der Waals surface area contributed by atoms with Gasteiger partial charge in [0, 0.05) is 25.8 Å². The monoisotopic (exact) mass is 241 g/mol. The van der Waals surface area contributed by atoms with Gasteiger partial charge in [0.15, 0.2) is 0 Å². The Morgan fingerprint density at radius 1 is 1.47 bits per heavy atom. The summed E-state index contributed by atoms with van der Waals surface area (Å²) in [6, 6.07) is 0.210. The van der Waals surface area contributed by atoms with Crippen molar-refractivity contribution in [1.82, 2.24) is 4.90 Å². The molecule has 2 fully saturated rings. The summed E-state index contributed by atoms with van der Waals surface area (Å²) in [6.45, 7) is 3.59. The molecule has 4 nitrogen and oxygen atoms in total. The highest BCUT2D eigenvalue weighted by molar-refractivity contribution is 5.85. The number of likely N-dealkylation sites (tertiary alicyclic amines) is 1. The molecule has 2 unspecified atom stereocenters. The number of ether oxygens (including phenoxy) is 1. The topological polar surface area (TPSA) is 49.8 Å². The average Bonchev–Trinajstić information content (AvgIpc) is 2.78. The van der Waals surface area contributed by atoms with Crippen molar-refractivity contribution in [2.24, 2.45) is 0 Å². The number of nitrogens with zero attached hydrogens (tertiary/aromatic N) is 1. The normalized spacial score (nSPS) is 34.0. The van der Waals surface area contributed by atoms with Crippen molar-refractivity contribution < 1.29 is 14.6 Å². The molecule has 0 aromatic rings. The highest BCUT2D eigenvalue weighted by Crippen LogP contribution is 2.30. The third kappa shape index (κ3) is 2.63. The van der Waals surface area contributed by atoms with E-state index >= 15 is 0 Å². The molecule has 0 aromatic carbocycles. The van der Waals surface area contributed by atoms with E-state index in [2.05, 4.69) is 0 Å². The maximum absolute atomic E-state index is 12.5. The predicted octanol–water partition coefficient (Wildman–Crippen LogP) is 1.32. The Balaban J connectivity index is 2.05. The predicted molar refractivity (Wildman–Crippen MR) is 64.6 cm³/mol. The Morgan fingerprint density at radius 3 is 2.94 bits per heavy atom. The van der Waals surface area contributed by atoms with E-state index in [-0.39, 0.29) is 18.6 Å². The first-order valence-corrected chi connectivity index (χ1v) is 6.73. The molecule has 2 rings (SSSR count). The smallest absolute Gasteiger partial charge is 0.254 e. The highest BCUT2D eigenvalue weighted by atomic mass is 16.5. The SMILES string of the molecule is CC1(C(=O)N2CCCCC2CCO)CCCO1. The fourth-order valence-corrected chi connectivity index (χ4v) is 2.97. The zero-order valence-electron chi connectivity index (χ0n) is 10.7. The number of amides is 1. The van der Waals surface area contributed by atoms with Gasteiger partial charge in [-0.2, -0.15) is 0 Å². The van der Waals surface area contributed by atoms with Crippen LogP contribution in [-0.4, -0.2) is 47.3 Å².